The number of pyridine rings is 1. The van der Waals surface area contributed by atoms with Crippen LogP contribution in [0.2, 0.25) is 0 Å². The van der Waals surface area contributed by atoms with Crippen molar-refractivity contribution in [2.24, 2.45) is 0 Å². The Kier molecular flexibility index (Phi) is 3.78. The van der Waals surface area contributed by atoms with Gasteiger partial charge >= 0.3 is 5.97 Å². The predicted octanol–water partition coefficient (Wildman–Crippen LogP) is 2.63. The zero-order valence-corrected chi connectivity index (χ0v) is 11.8. The van der Waals surface area contributed by atoms with Crippen LogP contribution in [-0.4, -0.2) is 40.2 Å². The van der Waals surface area contributed by atoms with Gasteiger partial charge < -0.3 is 10.0 Å². The first-order valence-corrected chi connectivity index (χ1v) is 7.81. The first-order chi connectivity index (χ1) is 9.74. The molecular formula is C15H16N2O2S. The molecule has 5 heteroatoms. The molecule has 1 aliphatic rings. The van der Waals surface area contributed by atoms with E-state index in [1.165, 1.54) is 0 Å². The molecule has 2 aromatic rings. The van der Waals surface area contributed by atoms with Gasteiger partial charge in [-0.3, -0.25) is 4.79 Å². The maximum absolute atomic E-state index is 11.0. The van der Waals surface area contributed by atoms with E-state index in [1.807, 2.05) is 42.1 Å². The van der Waals surface area contributed by atoms with Crippen LogP contribution in [0, 0.1) is 0 Å². The first-order valence-electron chi connectivity index (χ1n) is 6.66. The molecule has 1 aliphatic heterocycles. The Morgan fingerprint density at radius 1 is 1.35 bits per heavy atom. The van der Waals surface area contributed by atoms with Crippen molar-refractivity contribution < 1.29 is 9.90 Å². The molecule has 0 spiro atoms. The molecular weight excluding hydrogens is 272 g/mol. The summed E-state index contributed by atoms with van der Waals surface area (Å²) in [5, 5.41) is 10.2. The number of para-hydroxylation sites is 1. The quantitative estimate of drug-likeness (QED) is 0.941. The monoisotopic (exact) mass is 288 g/mol. The normalized spacial score (nSPS) is 19.2. The van der Waals surface area contributed by atoms with Crippen molar-refractivity contribution in [2.45, 2.75) is 12.5 Å². The summed E-state index contributed by atoms with van der Waals surface area (Å²) in [6.45, 7) is 0.855. The van der Waals surface area contributed by atoms with Gasteiger partial charge in [0.15, 0.2) is 0 Å². The SMILES string of the molecule is O=C(O)CC1CSCCN1c1ccc2ccccc2n1. The Morgan fingerprint density at radius 3 is 3.05 bits per heavy atom. The largest absolute Gasteiger partial charge is 0.481 e. The number of aromatic nitrogens is 1. The van der Waals surface area contributed by atoms with Crippen LogP contribution in [0.1, 0.15) is 6.42 Å². The van der Waals surface area contributed by atoms with E-state index in [1.54, 1.807) is 0 Å². The molecule has 1 saturated heterocycles. The number of fused-ring (bicyclic) bond motifs is 1. The van der Waals surface area contributed by atoms with Crippen molar-refractivity contribution >= 4 is 34.5 Å². The number of anilines is 1. The van der Waals surface area contributed by atoms with Crippen LogP contribution in [0.5, 0.6) is 0 Å². The molecule has 1 atom stereocenters. The number of benzene rings is 1. The number of rotatable bonds is 3. The van der Waals surface area contributed by atoms with Crippen LogP contribution in [0.15, 0.2) is 36.4 Å². The zero-order chi connectivity index (χ0) is 13.9. The maximum Gasteiger partial charge on any atom is 0.305 e. The maximum atomic E-state index is 11.0. The molecule has 1 aromatic carbocycles. The molecule has 1 unspecified atom stereocenters. The first kappa shape index (κ1) is 13.2. The lowest BCUT2D eigenvalue weighted by Crippen LogP contribution is -2.44. The van der Waals surface area contributed by atoms with Crippen LogP contribution in [0.25, 0.3) is 10.9 Å². The molecule has 1 fully saturated rings. The minimum atomic E-state index is -0.747. The van der Waals surface area contributed by atoms with Crippen LogP contribution in [0.4, 0.5) is 5.82 Å². The van der Waals surface area contributed by atoms with E-state index >= 15 is 0 Å². The highest BCUT2D eigenvalue weighted by Gasteiger charge is 2.26. The Morgan fingerprint density at radius 2 is 2.20 bits per heavy atom. The number of hydrogen-bond acceptors (Lipinski definition) is 4. The van der Waals surface area contributed by atoms with Crippen LogP contribution in [0.3, 0.4) is 0 Å². The molecule has 0 bridgehead atoms. The Bertz CT molecular complexity index is 632. The summed E-state index contributed by atoms with van der Waals surface area (Å²) < 4.78 is 0. The number of carbonyl (C=O) groups is 1. The summed E-state index contributed by atoms with van der Waals surface area (Å²) in [5.41, 5.74) is 0.956. The summed E-state index contributed by atoms with van der Waals surface area (Å²) >= 11 is 1.81. The minimum Gasteiger partial charge on any atom is -0.481 e. The topological polar surface area (TPSA) is 53.4 Å². The highest BCUT2D eigenvalue weighted by Crippen LogP contribution is 2.26. The lowest BCUT2D eigenvalue weighted by Gasteiger charge is -2.35. The molecule has 0 aliphatic carbocycles. The molecule has 2 heterocycles. The van der Waals surface area contributed by atoms with E-state index in [0.717, 1.165) is 34.8 Å². The lowest BCUT2D eigenvalue weighted by atomic mass is 10.1. The van der Waals surface area contributed by atoms with Crippen molar-refractivity contribution in [3.05, 3.63) is 36.4 Å². The fraction of sp³-hybridized carbons (Fsp3) is 0.333. The van der Waals surface area contributed by atoms with Crippen LogP contribution in [-0.2, 0) is 4.79 Å². The van der Waals surface area contributed by atoms with E-state index in [0.29, 0.717) is 0 Å². The fourth-order valence-electron chi connectivity index (χ4n) is 2.54. The van der Waals surface area contributed by atoms with E-state index in [-0.39, 0.29) is 12.5 Å². The van der Waals surface area contributed by atoms with Crippen molar-refractivity contribution in [1.82, 2.24) is 4.98 Å². The minimum absolute atomic E-state index is 0.0277. The van der Waals surface area contributed by atoms with Crippen molar-refractivity contribution in [3.63, 3.8) is 0 Å². The van der Waals surface area contributed by atoms with E-state index < -0.39 is 5.97 Å². The number of thioether (sulfide) groups is 1. The van der Waals surface area contributed by atoms with Gasteiger partial charge in [0, 0.05) is 29.5 Å². The molecule has 4 nitrogen and oxygen atoms in total. The predicted molar refractivity (Wildman–Crippen MR) is 82.5 cm³/mol. The smallest absolute Gasteiger partial charge is 0.305 e. The number of carboxylic acids is 1. The second-order valence-corrected chi connectivity index (χ2v) is 6.03. The van der Waals surface area contributed by atoms with Crippen LogP contribution < -0.4 is 4.90 Å². The highest BCUT2D eigenvalue weighted by molar-refractivity contribution is 7.99. The van der Waals surface area contributed by atoms with Gasteiger partial charge in [0.1, 0.15) is 5.82 Å². The van der Waals surface area contributed by atoms with E-state index in [2.05, 4.69) is 16.0 Å². The highest BCUT2D eigenvalue weighted by atomic mass is 32.2. The number of hydrogen-bond donors (Lipinski definition) is 1. The summed E-state index contributed by atoms with van der Waals surface area (Å²) in [6.07, 6.45) is 0.168. The summed E-state index contributed by atoms with van der Waals surface area (Å²) in [5.74, 6) is 2.00. The summed E-state index contributed by atoms with van der Waals surface area (Å²) in [7, 11) is 0. The summed E-state index contributed by atoms with van der Waals surface area (Å²) in [4.78, 5) is 17.8. The van der Waals surface area contributed by atoms with Gasteiger partial charge in [0.2, 0.25) is 0 Å². The third-order valence-corrected chi connectivity index (χ3v) is 4.61. The summed E-state index contributed by atoms with van der Waals surface area (Å²) in [6, 6.07) is 12.1. The Labute approximate surface area is 121 Å². The van der Waals surface area contributed by atoms with Crippen molar-refractivity contribution in [3.8, 4) is 0 Å². The molecule has 1 N–H and O–H groups in total. The van der Waals surface area contributed by atoms with Gasteiger partial charge in [-0.25, -0.2) is 4.98 Å². The zero-order valence-electron chi connectivity index (χ0n) is 11.0. The number of carboxylic acid groups (broad SMARTS) is 1. The number of aliphatic carboxylic acids is 1. The molecule has 0 radical (unpaired) electrons. The van der Waals surface area contributed by atoms with Gasteiger partial charge in [-0.2, -0.15) is 11.8 Å². The molecule has 0 saturated carbocycles. The third kappa shape index (κ3) is 2.72. The Balaban J connectivity index is 1.92. The van der Waals surface area contributed by atoms with E-state index in [9.17, 15) is 4.79 Å². The van der Waals surface area contributed by atoms with Gasteiger partial charge in [-0.1, -0.05) is 18.2 Å². The van der Waals surface area contributed by atoms with Crippen molar-refractivity contribution in [1.29, 1.82) is 0 Å². The van der Waals surface area contributed by atoms with Crippen molar-refractivity contribution in [2.75, 3.05) is 23.0 Å². The van der Waals surface area contributed by atoms with Gasteiger partial charge in [0.05, 0.1) is 11.9 Å². The third-order valence-electron chi connectivity index (χ3n) is 3.52. The molecule has 1 aromatic heterocycles. The fourth-order valence-corrected chi connectivity index (χ4v) is 3.60. The second kappa shape index (κ2) is 5.71. The molecule has 104 valence electrons. The second-order valence-electron chi connectivity index (χ2n) is 4.88. The van der Waals surface area contributed by atoms with Gasteiger partial charge in [-0.05, 0) is 18.2 Å². The average molecular weight is 288 g/mol. The molecule has 0 amide bonds. The van der Waals surface area contributed by atoms with Gasteiger partial charge in [-0.15, -0.1) is 0 Å². The lowest BCUT2D eigenvalue weighted by molar-refractivity contribution is -0.137. The van der Waals surface area contributed by atoms with Crippen LogP contribution >= 0.6 is 11.8 Å². The average Bonchev–Trinajstić information content (AvgIpc) is 2.47. The van der Waals surface area contributed by atoms with E-state index in [4.69, 9.17) is 5.11 Å². The molecule has 3 rings (SSSR count). The Hall–Kier alpha value is -1.75. The van der Waals surface area contributed by atoms with Gasteiger partial charge in [0.25, 0.3) is 0 Å². The number of nitrogens with zero attached hydrogens (tertiary/aromatic N) is 2. The molecule has 20 heavy (non-hydrogen) atoms. The standard InChI is InChI=1S/C15H16N2O2S/c18-15(19)9-12-10-20-8-7-17(12)14-6-5-11-3-1-2-4-13(11)16-14/h1-6,12H,7-10H2,(H,18,19).